The molecule has 0 saturated carbocycles. The predicted octanol–water partition coefficient (Wildman–Crippen LogP) is 2.20. The Morgan fingerprint density at radius 2 is 1.86 bits per heavy atom. The quantitative estimate of drug-likeness (QED) is 0.595. The topological polar surface area (TPSA) is 82.8 Å². The summed E-state index contributed by atoms with van der Waals surface area (Å²) >= 11 is 0. The summed E-state index contributed by atoms with van der Waals surface area (Å²) in [4.78, 5) is 34.2. The van der Waals surface area contributed by atoms with Gasteiger partial charge in [0, 0.05) is 62.1 Å². The van der Waals surface area contributed by atoms with Crippen LogP contribution in [-0.4, -0.2) is 71.4 Å². The number of anilines is 1. The lowest BCUT2D eigenvalue weighted by atomic mass is 10.1. The van der Waals surface area contributed by atoms with Crippen LogP contribution in [0.4, 0.5) is 11.4 Å². The highest BCUT2D eigenvalue weighted by molar-refractivity contribution is 5.97. The minimum absolute atomic E-state index is 0.0392. The summed E-state index contributed by atoms with van der Waals surface area (Å²) in [6.07, 6.45) is 2.22. The van der Waals surface area contributed by atoms with Gasteiger partial charge in [-0.05, 0) is 25.8 Å². The van der Waals surface area contributed by atoms with Gasteiger partial charge in [0.15, 0.2) is 5.52 Å². The van der Waals surface area contributed by atoms with E-state index in [2.05, 4.69) is 14.8 Å². The molecule has 4 rings (SSSR count). The summed E-state index contributed by atoms with van der Waals surface area (Å²) in [6.45, 7) is 7.30. The second-order valence-electron chi connectivity index (χ2n) is 7.56. The fourth-order valence-corrected chi connectivity index (χ4v) is 4.15. The standard InChI is InChI=1S/C20H25N5O3/c1-15-13-18(16-5-4-6-17(25(27)28)20(16)21-15)23-11-9-22(10-12-23)14-19(26)24-7-2-3-8-24/h4-6,13H,2-3,7-12,14H2,1H3. The zero-order valence-electron chi connectivity index (χ0n) is 16.1. The Bertz CT molecular complexity index is 902. The van der Waals surface area contributed by atoms with E-state index in [9.17, 15) is 14.9 Å². The number of benzene rings is 1. The van der Waals surface area contributed by atoms with Crippen molar-refractivity contribution < 1.29 is 9.72 Å². The number of carbonyl (C=O) groups excluding carboxylic acids is 1. The average Bonchev–Trinajstić information content (AvgIpc) is 3.22. The number of amides is 1. The van der Waals surface area contributed by atoms with Crippen LogP contribution in [0.15, 0.2) is 24.3 Å². The van der Waals surface area contributed by atoms with Gasteiger partial charge in [-0.25, -0.2) is 4.98 Å². The lowest BCUT2D eigenvalue weighted by Gasteiger charge is -2.36. The number of nitrogens with zero attached hydrogens (tertiary/aromatic N) is 5. The largest absolute Gasteiger partial charge is 0.368 e. The Kier molecular flexibility index (Phi) is 5.13. The first-order valence-corrected chi connectivity index (χ1v) is 9.83. The van der Waals surface area contributed by atoms with Crippen molar-refractivity contribution in [3.05, 3.63) is 40.1 Å². The van der Waals surface area contributed by atoms with Crippen molar-refractivity contribution in [1.82, 2.24) is 14.8 Å². The Morgan fingerprint density at radius 3 is 2.54 bits per heavy atom. The molecule has 148 valence electrons. The van der Waals surface area contributed by atoms with Crippen molar-refractivity contribution in [2.45, 2.75) is 19.8 Å². The van der Waals surface area contributed by atoms with Gasteiger partial charge in [0.05, 0.1) is 11.5 Å². The molecule has 1 aromatic heterocycles. The molecule has 0 atom stereocenters. The van der Waals surface area contributed by atoms with Gasteiger partial charge >= 0.3 is 0 Å². The Hall–Kier alpha value is -2.74. The molecule has 3 heterocycles. The maximum atomic E-state index is 12.4. The number of fused-ring (bicyclic) bond motifs is 1. The number of nitro benzene ring substituents is 1. The summed E-state index contributed by atoms with van der Waals surface area (Å²) in [5.41, 5.74) is 2.23. The number of hydrogen-bond acceptors (Lipinski definition) is 6. The van der Waals surface area contributed by atoms with Crippen LogP contribution in [0.2, 0.25) is 0 Å². The zero-order valence-corrected chi connectivity index (χ0v) is 16.1. The maximum Gasteiger partial charge on any atom is 0.295 e. The first-order valence-electron chi connectivity index (χ1n) is 9.83. The summed E-state index contributed by atoms with van der Waals surface area (Å²) in [5.74, 6) is 0.229. The molecule has 0 aliphatic carbocycles. The number of carbonyl (C=O) groups is 1. The number of pyridine rings is 1. The molecule has 28 heavy (non-hydrogen) atoms. The van der Waals surface area contributed by atoms with Gasteiger partial charge in [-0.1, -0.05) is 12.1 Å². The van der Waals surface area contributed by atoms with E-state index in [0.29, 0.717) is 12.1 Å². The third-order valence-electron chi connectivity index (χ3n) is 5.65. The van der Waals surface area contributed by atoms with Gasteiger partial charge in [0.1, 0.15) is 0 Å². The summed E-state index contributed by atoms with van der Waals surface area (Å²) in [5, 5.41) is 12.2. The second-order valence-corrected chi connectivity index (χ2v) is 7.56. The van der Waals surface area contributed by atoms with Crippen molar-refractivity contribution in [2.24, 2.45) is 0 Å². The lowest BCUT2D eigenvalue weighted by Crippen LogP contribution is -2.50. The number of aromatic nitrogens is 1. The number of para-hydroxylation sites is 1. The molecule has 0 bridgehead atoms. The van der Waals surface area contributed by atoms with Gasteiger partial charge in [0.2, 0.25) is 5.91 Å². The molecule has 2 saturated heterocycles. The smallest absolute Gasteiger partial charge is 0.295 e. The summed E-state index contributed by atoms with van der Waals surface area (Å²) in [7, 11) is 0. The fourth-order valence-electron chi connectivity index (χ4n) is 4.15. The van der Waals surface area contributed by atoms with Crippen LogP contribution in [0.3, 0.4) is 0 Å². The van der Waals surface area contributed by atoms with Crippen LogP contribution in [0.5, 0.6) is 0 Å². The second kappa shape index (κ2) is 7.71. The van der Waals surface area contributed by atoms with Gasteiger partial charge in [0.25, 0.3) is 5.69 Å². The van der Waals surface area contributed by atoms with E-state index in [1.807, 2.05) is 24.0 Å². The van der Waals surface area contributed by atoms with Gasteiger partial charge in [-0.15, -0.1) is 0 Å². The number of hydrogen-bond donors (Lipinski definition) is 0. The van der Waals surface area contributed by atoms with Crippen molar-refractivity contribution in [1.29, 1.82) is 0 Å². The van der Waals surface area contributed by atoms with Crippen LogP contribution >= 0.6 is 0 Å². The molecule has 1 aromatic carbocycles. The molecule has 2 aliphatic heterocycles. The molecular weight excluding hydrogens is 358 g/mol. The Balaban J connectivity index is 1.50. The molecule has 2 fully saturated rings. The van der Waals surface area contributed by atoms with Crippen LogP contribution < -0.4 is 4.90 Å². The third-order valence-corrected chi connectivity index (χ3v) is 5.65. The predicted molar refractivity (Wildman–Crippen MR) is 108 cm³/mol. The maximum absolute atomic E-state index is 12.4. The van der Waals surface area contributed by atoms with Crippen molar-refractivity contribution >= 4 is 28.2 Å². The summed E-state index contributed by atoms with van der Waals surface area (Å²) < 4.78 is 0. The fraction of sp³-hybridized carbons (Fsp3) is 0.500. The normalized spacial score (nSPS) is 18.0. The minimum atomic E-state index is -0.375. The molecule has 0 spiro atoms. The molecular formula is C20H25N5O3. The zero-order chi connectivity index (χ0) is 19.7. The van der Waals surface area contributed by atoms with E-state index in [1.54, 1.807) is 6.07 Å². The van der Waals surface area contributed by atoms with E-state index >= 15 is 0 Å². The van der Waals surface area contributed by atoms with Crippen LogP contribution in [0.25, 0.3) is 10.9 Å². The molecule has 2 aromatic rings. The average molecular weight is 383 g/mol. The number of rotatable bonds is 4. The van der Waals surface area contributed by atoms with Gasteiger partial charge in [-0.2, -0.15) is 0 Å². The first-order chi connectivity index (χ1) is 13.5. The highest BCUT2D eigenvalue weighted by Gasteiger charge is 2.25. The molecule has 8 heteroatoms. The highest BCUT2D eigenvalue weighted by atomic mass is 16.6. The number of non-ortho nitro benzene ring substituents is 1. The van der Waals surface area contributed by atoms with Crippen molar-refractivity contribution in [3.63, 3.8) is 0 Å². The van der Waals surface area contributed by atoms with E-state index in [0.717, 1.165) is 68.9 Å². The van der Waals surface area contributed by atoms with Gasteiger partial charge in [-0.3, -0.25) is 19.8 Å². The van der Waals surface area contributed by atoms with Crippen LogP contribution in [0, 0.1) is 17.0 Å². The SMILES string of the molecule is Cc1cc(N2CCN(CC(=O)N3CCCC3)CC2)c2cccc([N+](=O)[O-])c2n1. The lowest BCUT2D eigenvalue weighted by molar-refractivity contribution is -0.383. The molecule has 0 unspecified atom stereocenters. The van der Waals surface area contributed by atoms with Crippen molar-refractivity contribution in [2.75, 3.05) is 50.7 Å². The Morgan fingerprint density at radius 1 is 1.14 bits per heavy atom. The Labute approximate surface area is 163 Å². The molecule has 2 aliphatic rings. The molecule has 0 radical (unpaired) electrons. The third kappa shape index (κ3) is 3.64. The van der Waals surface area contributed by atoms with E-state index < -0.39 is 0 Å². The van der Waals surface area contributed by atoms with Crippen LogP contribution in [-0.2, 0) is 4.79 Å². The number of likely N-dealkylation sites (tertiary alicyclic amines) is 1. The number of aryl methyl sites for hydroxylation is 1. The monoisotopic (exact) mass is 383 g/mol. The first kappa shape index (κ1) is 18.6. The molecule has 0 N–H and O–H groups in total. The van der Waals surface area contributed by atoms with E-state index in [-0.39, 0.29) is 16.5 Å². The highest BCUT2D eigenvalue weighted by Crippen LogP contribution is 2.32. The minimum Gasteiger partial charge on any atom is -0.368 e. The molecule has 8 nitrogen and oxygen atoms in total. The summed E-state index contributed by atoms with van der Waals surface area (Å²) in [6, 6.07) is 7.11. The van der Waals surface area contributed by atoms with Crippen molar-refractivity contribution in [3.8, 4) is 0 Å². The van der Waals surface area contributed by atoms with E-state index in [1.165, 1.54) is 6.07 Å². The van der Waals surface area contributed by atoms with E-state index in [4.69, 9.17) is 0 Å². The number of nitro groups is 1. The molecule has 1 amide bonds. The van der Waals surface area contributed by atoms with Crippen LogP contribution in [0.1, 0.15) is 18.5 Å². The van der Waals surface area contributed by atoms with Gasteiger partial charge < -0.3 is 9.80 Å². The number of piperazine rings is 1.